The van der Waals surface area contributed by atoms with Crippen LogP contribution in [0, 0.1) is 22.9 Å². The number of hydrogen-bond donors (Lipinski definition) is 2. The summed E-state index contributed by atoms with van der Waals surface area (Å²) < 4.78 is 54.9. The minimum atomic E-state index is -0.936. The number of aliphatic hydroxyl groups excluding tert-OH is 1. The zero-order valence-electron chi connectivity index (χ0n) is 27.8. The highest BCUT2D eigenvalue weighted by Gasteiger charge is 2.50. The van der Waals surface area contributed by atoms with Crippen molar-refractivity contribution >= 4 is 28.6 Å². The molecule has 5 unspecified atom stereocenters. The molecule has 4 bridgehead atoms. The fraction of sp³-hybridized carbons (Fsp3) is 0.553. The molecule has 0 amide bonds. The highest BCUT2D eigenvalue weighted by atomic mass is 19.1. The molecule has 2 aliphatic carbocycles. The van der Waals surface area contributed by atoms with Crippen molar-refractivity contribution in [2.45, 2.75) is 101 Å². The van der Waals surface area contributed by atoms with Gasteiger partial charge in [0.05, 0.1) is 12.4 Å². The van der Waals surface area contributed by atoms with Gasteiger partial charge in [-0.05, 0) is 79.8 Å². The average molecular weight is 674 g/mol. The predicted molar refractivity (Wildman–Crippen MR) is 179 cm³/mol. The van der Waals surface area contributed by atoms with E-state index < -0.39 is 23.4 Å². The molecule has 5 atom stereocenters. The van der Waals surface area contributed by atoms with Crippen LogP contribution in [0.4, 0.5) is 19.0 Å². The Kier molecular flexibility index (Phi) is 7.46. The first kappa shape index (κ1) is 31.3. The van der Waals surface area contributed by atoms with Crippen LogP contribution in [0.3, 0.4) is 0 Å². The summed E-state index contributed by atoms with van der Waals surface area (Å²) in [5, 5.41) is 14.6. The molecule has 4 saturated heterocycles. The molecule has 0 radical (unpaired) electrons. The predicted octanol–water partition coefficient (Wildman–Crippen LogP) is 6.34. The lowest BCUT2D eigenvalue weighted by atomic mass is 9.77. The molecular weight excluding hydrogens is 631 g/mol. The fourth-order valence-corrected chi connectivity index (χ4v) is 9.57. The van der Waals surface area contributed by atoms with Gasteiger partial charge in [0.1, 0.15) is 28.8 Å². The summed E-state index contributed by atoms with van der Waals surface area (Å²) in [4.78, 5) is 26.3. The summed E-state index contributed by atoms with van der Waals surface area (Å²) in [7, 11) is 0. The summed E-state index contributed by atoms with van der Waals surface area (Å²) in [6.07, 6.45) is 9.24. The number of allylic oxidation sites excluding steroid dienone is 1. The first-order valence-electron chi connectivity index (χ1n) is 18.0. The largest absolute Gasteiger partial charge is 0.512 e. The highest BCUT2D eigenvalue weighted by molar-refractivity contribution is 5.91. The molecule has 4 aliphatic heterocycles. The standard InChI is InChI=1S/C38H42F3N5O3/c1-2-27-30(39)8-3-20-11-25(47)14-28(32(20)27)33-31(40)15-29-35(34(33)41)43-37(44-36(29)45-16-21-4-5-22(17-45)42-21)49-19-38(9-10-38)18-46-23-6-7-24(46)13-26(48)12-23/h3,8,11,15,21-24,28,42,47H,2,4-7,9-10,12-14,16-19H2,1H3. The number of carbonyl (C=O) groups excluding carboxylic acids is 1. The second-order valence-corrected chi connectivity index (χ2v) is 15.4. The number of anilines is 1. The molecule has 1 aromatic heterocycles. The first-order valence-corrected chi connectivity index (χ1v) is 18.0. The van der Waals surface area contributed by atoms with Gasteiger partial charge in [-0.15, -0.1) is 0 Å². The smallest absolute Gasteiger partial charge is 0.319 e. The third-order valence-corrected chi connectivity index (χ3v) is 12.2. The summed E-state index contributed by atoms with van der Waals surface area (Å²) in [5.74, 6) is -2.19. The third-order valence-electron chi connectivity index (χ3n) is 12.2. The van der Waals surface area contributed by atoms with Gasteiger partial charge in [0.25, 0.3) is 0 Å². The van der Waals surface area contributed by atoms with Crippen molar-refractivity contribution in [2.75, 3.05) is 31.1 Å². The number of hydrogen-bond acceptors (Lipinski definition) is 8. The van der Waals surface area contributed by atoms with Gasteiger partial charge in [0.2, 0.25) is 0 Å². The number of aromatic nitrogens is 2. The second kappa shape index (κ2) is 11.7. The molecule has 3 aromatic rings. The fourth-order valence-electron chi connectivity index (χ4n) is 9.57. The maximum atomic E-state index is 17.0. The van der Waals surface area contributed by atoms with Crippen molar-refractivity contribution in [3.63, 3.8) is 0 Å². The number of rotatable bonds is 8. The lowest BCUT2D eigenvalue weighted by molar-refractivity contribution is -0.124. The van der Waals surface area contributed by atoms with Crippen molar-refractivity contribution < 1.29 is 27.8 Å². The molecule has 11 heteroatoms. The summed E-state index contributed by atoms with van der Waals surface area (Å²) in [6, 6.07) is 5.39. The number of piperidine rings is 1. The number of ether oxygens (including phenoxy) is 1. The first-order chi connectivity index (χ1) is 23.7. The van der Waals surface area contributed by atoms with E-state index in [0.717, 1.165) is 45.1 Å². The molecule has 5 heterocycles. The van der Waals surface area contributed by atoms with E-state index in [2.05, 4.69) is 20.1 Å². The van der Waals surface area contributed by atoms with Gasteiger partial charge < -0.3 is 20.1 Å². The van der Waals surface area contributed by atoms with Gasteiger partial charge in [0.15, 0.2) is 5.82 Å². The van der Waals surface area contributed by atoms with E-state index in [1.165, 1.54) is 12.1 Å². The number of fused-ring (bicyclic) bond motifs is 6. The third kappa shape index (κ3) is 5.39. The summed E-state index contributed by atoms with van der Waals surface area (Å²) >= 11 is 0. The SMILES string of the molecule is CCc1c(F)ccc2c1C(c1c(F)cc3c(N4CC5CCC(C4)N5)nc(OCC4(CN5C6CCC5CC(=O)C6)CC4)nc3c1F)CC(O)=C2. The van der Waals surface area contributed by atoms with Crippen LogP contribution >= 0.6 is 0 Å². The molecule has 258 valence electrons. The number of nitrogens with one attached hydrogen (secondary N) is 1. The Hall–Kier alpha value is -3.70. The number of aliphatic hydroxyl groups is 1. The maximum Gasteiger partial charge on any atom is 0.319 e. The van der Waals surface area contributed by atoms with Gasteiger partial charge in [-0.25, -0.2) is 13.2 Å². The average Bonchev–Trinajstić information content (AvgIpc) is 3.71. The zero-order chi connectivity index (χ0) is 33.6. The van der Waals surface area contributed by atoms with Crippen LogP contribution in [-0.4, -0.2) is 76.2 Å². The van der Waals surface area contributed by atoms with Crippen LogP contribution in [0.25, 0.3) is 17.0 Å². The molecule has 9 rings (SSSR count). The van der Waals surface area contributed by atoms with E-state index >= 15 is 13.2 Å². The molecule has 2 N–H and O–H groups in total. The van der Waals surface area contributed by atoms with E-state index in [1.54, 1.807) is 12.1 Å². The van der Waals surface area contributed by atoms with Gasteiger partial charge in [-0.1, -0.05) is 13.0 Å². The van der Waals surface area contributed by atoms with Crippen LogP contribution in [0.5, 0.6) is 6.01 Å². The number of benzene rings is 2. The second-order valence-electron chi connectivity index (χ2n) is 15.4. The lowest BCUT2D eigenvalue weighted by Crippen LogP contribution is -2.51. The number of halogens is 3. The molecule has 49 heavy (non-hydrogen) atoms. The van der Waals surface area contributed by atoms with E-state index in [9.17, 15) is 9.90 Å². The monoisotopic (exact) mass is 673 g/mol. The normalized spacial score (nSPS) is 28.6. The lowest BCUT2D eigenvalue weighted by Gasteiger charge is -2.36. The molecule has 8 nitrogen and oxygen atoms in total. The molecule has 5 fully saturated rings. The van der Waals surface area contributed by atoms with Crippen LogP contribution < -0.4 is 15.0 Å². The van der Waals surface area contributed by atoms with Gasteiger partial charge in [0, 0.05) is 85.3 Å². The summed E-state index contributed by atoms with van der Waals surface area (Å²) in [5.41, 5.74) is 1.08. The Balaban J connectivity index is 1.10. The molecule has 0 spiro atoms. The molecule has 6 aliphatic rings. The Labute approximate surface area is 283 Å². The molecule has 2 aromatic carbocycles. The quantitative estimate of drug-likeness (QED) is 0.287. The molecular formula is C38H42F3N5O3. The minimum absolute atomic E-state index is 0.0185. The van der Waals surface area contributed by atoms with E-state index in [1.807, 2.05) is 6.92 Å². The minimum Gasteiger partial charge on any atom is -0.512 e. The highest BCUT2D eigenvalue weighted by Crippen LogP contribution is 2.50. The summed E-state index contributed by atoms with van der Waals surface area (Å²) in [6.45, 7) is 4.35. The zero-order valence-corrected chi connectivity index (χ0v) is 27.8. The van der Waals surface area contributed by atoms with Crippen molar-refractivity contribution in [2.24, 2.45) is 5.41 Å². The number of ketones is 1. The number of Topliss-reactive ketones (excluding diaryl/α,β-unsaturated/α-hetero) is 1. The maximum absolute atomic E-state index is 17.0. The Bertz CT molecular complexity index is 1870. The van der Waals surface area contributed by atoms with E-state index in [0.29, 0.717) is 79.3 Å². The number of piperazine rings is 1. The van der Waals surface area contributed by atoms with Crippen LogP contribution in [0.1, 0.15) is 92.9 Å². The van der Waals surface area contributed by atoms with Crippen molar-refractivity contribution in [3.8, 4) is 6.01 Å². The Morgan fingerprint density at radius 3 is 2.41 bits per heavy atom. The number of nitrogens with zero attached hydrogens (tertiary/aromatic N) is 4. The topological polar surface area (TPSA) is 90.8 Å². The van der Waals surface area contributed by atoms with Gasteiger partial charge in [-0.2, -0.15) is 9.97 Å². The Morgan fingerprint density at radius 1 is 0.980 bits per heavy atom. The van der Waals surface area contributed by atoms with Crippen LogP contribution in [0.15, 0.2) is 24.0 Å². The number of carbonyl (C=O) groups is 1. The van der Waals surface area contributed by atoms with E-state index in [-0.39, 0.29) is 52.2 Å². The van der Waals surface area contributed by atoms with Crippen molar-refractivity contribution in [3.05, 3.63) is 63.7 Å². The van der Waals surface area contributed by atoms with Crippen LogP contribution in [0.2, 0.25) is 0 Å². The van der Waals surface area contributed by atoms with Gasteiger partial charge in [-0.3, -0.25) is 9.69 Å². The molecule has 1 saturated carbocycles. The van der Waals surface area contributed by atoms with Crippen LogP contribution in [-0.2, 0) is 11.2 Å². The van der Waals surface area contributed by atoms with E-state index in [4.69, 9.17) is 9.72 Å². The van der Waals surface area contributed by atoms with Crippen molar-refractivity contribution in [1.82, 2.24) is 20.2 Å². The van der Waals surface area contributed by atoms with Gasteiger partial charge >= 0.3 is 6.01 Å². The Morgan fingerprint density at radius 2 is 1.71 bits per heavy atom. The van der Waals surface area contributed by atoms with Crippen molar-refractivity contribution in [1.29, 1.82) is 0 Å².